The van der Waals surface area contributed by atoms with E-state index in [2.05, 4.69) is 17.1 Å². The first-order chi connectivity index (χ1) is 10.2. The maximum atomic E-state index is 12.1. The number of carbonyl (C=O) groups is 1. The van der Waals surface area contributed by atoms with Crippen LogP contribution in [0.5, 0.6) is 5.75 Å². The molecule has 0 aliphatic carbocycles. The molecule has 2 aliphatic heterocycles. The molecule has 5 nitrogen and oxygen atoms in total. The molecule has 2 aliphatic rings. The van der Waals surface area contributed by atoms with Crippen molar-refractivity contribution in [1.82, 2.24) is 0 Å². The second kappa shape index (κ2) is 6.05. The summed E-state index contributed by atoms with van der Waals surface area (Å²) in [6, 6.07) is 5.85. The van der Waals surface area contributed by atoms with E-state index in [1.807, 2.05) is 18.2 Å². The molecule has 0 radical (unpaired) electrons. The zero-order chi connectivity index (χ0) is 14.8. The number of rotatable bonds is 3. The third kappa shape index (κ3) is 2.90. The molecule has 1 aromatic rings. The highest BCUT2D eigenvalue weighted by Gasteiger charge is 2.33. The number of hydrogen-bond donors (Lipinski definition) is 1. The van der Waals surface area contributed by atoms with Gasteiger partial charge in [0.1, 0.15) is 11.4 Å². The summed E-state index contributed by atoms with van der Waals surface area (Å²) in [5.41, 5.74) is 1.74. The van der Waals surface area contributed by atoms with E-state index in [0.29, 0.717) is 24.5 Å². The van der Waals surface area contributed by atoms with Gasteiger partial charge in [-0.2, -0.15) is 0 Å². The number of carbonyl (C=O) groups excluding carboxylic acids is 1. The fourth-order valence-corrected chi connectivity index (χ4v) is 4.17. The Bertz CT molecular complexity index is 576. The van der Waals surface area contributed by atoms with Crippen LogP contribution in [0.1, 0.15) is 19.8 Å². The Morgan fingerprint density at radius 2 is 2.33 bits per heavy atom. The Labute approximate surface area is 127 Å². The van der Waals surface area contributed by atoms with Crippen molar-refractivity contribution in [2.24, 2.45) is 0 Å². The van der Waals surface area contributed by atoms with Gasteiger partial charge >= 0.3 is 0 Å². The van der Waals surface area contributed by atoms with Crippen LogP contribution in [0.3, 0.4) is 0 Å². The summed E-state index contributed by atoms with van der Waals surface area (Å²) < 4.78 is 17.5. The lowest BCUT2D eigenvalue weighted by atomic mass is 10.1. The molecule has 0 aromatic heterocycles. The first kappa shape index (κ1) is 14.4. The predicted molar refractivity (Wildman–Crippen MR) is 84.5 cm³/mol. The summed E-state index contributed by atoms with van der Waals surface area (Å²) >= 11 is 0. The van der Waals surface area contributed by atoms with Gasteiger partial charge in [-0.3, -0.25) is 9.00 Å². The monoisotopic (exact) mass is 308 g/mol. The highest BCUT2D eigenvalue weighted by Crippen LogP contribution is 2.39. The average Bonchev–Trinajstić information content (AvgIpc) is 2.60. The lowest BCUT2D eigenvalue weighted by Gasteiger charge is -2.35. The molecule has 2 heterocycles. The summed E-state index contributed by atoms with van der Waals surface area (Å²) in [6.07, 6.45) is 1.30. The third-order valence-corrected chi connectivity index (χ3v) is 5.23. The molecular formula is C15H20N2O3S. The molecule has 0 saturated carbocycles. The van der Waals surface area contributed by atoms with Crippen LogP contribution in [0, 0.1) is 0 Å². The summed E-state index contributed by atoms with van der Waals surface area (Å²) in [5, 5.41) is 2.97. The van der Waals surface area contributed by atoms with Crippen molar-refractivity contribution in [3.8, 4) is 5.75 Å². The number of anilines is 2. The van der Waals surface area contributed by atoms with Gasteiger partial charge in [0.05, 0.1) is 12.3 Å². The van der Waals surface area contributed by atoms with Gasteiger partial charge in [0.15, 0.2) is 0 Å². The highest BCUT2D eigenvalue weighted by atomic mass is 32.2. The van der Waals surface area contributed by atoms with Crippen molar-refractivity contribution < 1.29 is 13.7 Å². The topological polar surface area (TPSA) is 58.6 Å². The van der Waals surface area contributed by atoms with E-state index in [-0.39, 0.29) is 11.9 Å². The Morgan fingerprint density at radius 3 is 3.14 bits per heavy atom. The molecule has 1 aromatic carbocycles. The molecule has 1 fully saturated rings. The minimum Gasteiger partial charge on any atom is -0.491 e. The Hall–Kier alpha value is -1.56. The zero-order valence-corrected chi connectivity index (χ0v) is 12.9. The zero-order valence-electron chi connectivity index (χ0n) is 12.1. The van der Waals surface area contributed by atoms with Crippen LogP contribution in [0.4, 0.5) is 11.4 Å². The maximum Gasteiger partial charge on any atom is 0.226 e. The van der Waals surface area contributed by atoms with Crippen molar-refractivity contribution in [1.29, 1.82) is 0 Å². The second-order valence-electron chi connectivity index (χ2n) is 5.41. The number of para-hydroxylation sites is 1. The van der Waals surface area contributed by atoms with E-state index in [9.17, 15) is 9.00 Å². The van der Waals surface area contributed by atoms with E-state index in [1.165, 1.54) is 0 Å². The smallest absolute Gasteiger partial charge is 0.226 e. The van der Waals surface area contributed by atoms with Crippen molar-refractivity contribution in [2.45, 2.75) is 25.8 Å². The Morgan fingerprint density at radius 1 is 1.48 bits per heavy atom. The van der Waals surface area contributed by atoms with Gasteiger partial charge in [-0.1, -0.05) is 13.0 Å². The van der Waals surface area contributed by atoms with Crippen LogP contribution in [0.25, 0.3) is 0 Å². The minimum atomic E-state index is -0.821. The van der Waals surface area contributed by atoms with Crippen LogP contribution in [-0.2, 0) is 15.6 Å². The number of fused-ring (bicyclic) bond motifs is 3. The van der Waals surface area contributed by atoms with Crippen LogP contribution in [-0.4, -0.2) is 40.8 Å². The standard InChI is InChI=1S/C15H20N2O3S/c1-2-7-20-13-5-3-4-12-15(13)16-14(18)9-11-10-21(19)8-6-17(11)12/h3-5,11H,2,6-10H2,1H3,(H,16,18). The molecule has 2 atom stereocenters. The molecule has 0 spiro atoms. The molecule has 3 rings (SSSR count). The highest BCUT2D eigenvalue weighted by molar-refractivity contribution is 7.85. The molecule has 0 bridgehead atoms. The molecule has 6 heteroatoms. The van der Waals surface area contributed by atoms with Gasteiger partial charge in [-0.05, 0) is 18.6 Å². The molecule has 1 saturated heterocycles. The van der Waals surface area contributed by atoms with Gasteiger partial charge < -0.3 is 15.0 Å². The number of hydrogen-bond acceptors (Lipinski definition) is 4. The van der Waals surface area contributed by atoms with Gasteiger partial charge in [-0.15, -0.1) is 0 Å². The van der Waals surface area contributed by atoms with E-state index < -0.39 is 10.8 Å². The van der Waals surface area contributed by atoms with Gasteiger partial charge in [0, 0.05) is 41.3 Å². The van der Waals surface area contributed by atoms with Crippen LogP contribution in [0.2, 0.25) is 0 Å². The van der Waals surface area contributed by atoms with Crippen LogP contribution >= 0.6 is 0 Å². The predicted octanol–water partition coefficient (Wildman–Crippen LogP) is 1.75. The second-order valence-corrected chi connectivity index (χ2v) is 7.03. The van der Waals surface area contributed by atoms with E-state index in [4.69, 9.17) is 4.74 Å². The fraction of sp³-hybridized carbons (Fsp3) is 0.533. The molecular weight excluding hydrogens is 288 g/mol. The summed E-state index contributed by atoms with van der Waals surface area (Å²) in [4.78, 5) is 14.3. The molecule has 1 N–H and O–H groups in total. The first-order valence-electron chi connectivity index (χ1n) is 7.36. The lowest BCUT2D eigenvalue weighted by Crippen LogP contribution is -2.47. The van der Waals surface area contributed by atoms with Gasteiger partial charge in [0.25, 0.3) is 0 Å². The molecule has 114 valence electrons. The molecule has 21 heavy (non-hydrogen) atoms. The minimum absolute atomic E-state index is 0.0160. The van der Waals surface area contributed by atoms with Gasteiger partial charge in [0.2, 0.25) is 5.91 Å². The SMILES string of the molecule is CCCOc1cccc2c1NC(=O)CC1CS(=O)CCN21. The molecule has 1 amide bonds. The van der Waals surface area contributed by atoms with Crippen molar-refractivity contribution >= 4 is 28.1 Å². The lowest BCUT2D eigenvalue weighted by molar-refractivity contribution is -0.116. The number of nitrogens with one attached hydrogen (secondary N) is 1. The Balaban J connectivity index is 1.99. The fourth-order valence-electron chi connectivity index (χ4n) is 2.88. The van der Waals surface area contributed by atoms with Crippen LogP contribution in [0.15, 0.2) is 18.2 Å². The summed E-state index contributed by atoms with van der Waals surface area (Å²) in [7, 11) is -0.821. The quantitative estimate of drug-likeness (QED) is 0.924. The number of nitrogens with zero attached hydrogens (tertiary/aromatic N) is 1. The third-order valence-electron chi connectivity index (χ3n) is 3.84. The van der Waals surface area contributed by atoms with Crippen molar-refractivity contribution in [3.05, 3.63) is 18.2 Å². The maximum absolute atomic E-state index is 12.1. The van der Waals surface area contributed by atoms with Crippen LogP contribution < -0.4 is 15.0 Å². The van der Waals surface area contributed by atoms with Gasteiger partial charge in [-0.25, -0.2) is 0 Å². The normalized spacial score (nSPS) is 24.6. The van der Waals surface area contributed by atoms with E-state index in [1.54, 1.807) is 0 Å². The Kier molecular flexibility index (Phi) is 4.14. The van der Waals surface area contributed by atoms with E-state index >= 15 is 0 Å². The van der Waals surface area contributed by atoms with Crippen molar-refractivity contribution in [3.63, 3.8) is 0 Å². The summed E-state index contributed by atoms with van der Waals surface area (Å²) in [6.45, 7) is 3.40. The average molecular weight is 308 g/mol. The summed E-state index contributed by atoms with van der Waals surface area (Å²) in [5.74, 6) is 1.90. The number of ether oxygens (including phenoxy) is 1. The largest absolute Gasteiger partial charge is 0.491 e. The number of benzene rings is 1. The van der Waals surface area contributed by atoms with Crippen molar-refractivity contribution in [2.75, 3.05) is 34.9 Å². The van der Waals surface area contributed by atoms with E-state index in [0.717, 1.165) is 30.1 Å². The first-order valence-corrected chi connectivity index (χ1v) is 8.85. The number of amides is 1. The molecule has 2 unspecified atom stereocenters.